The SMILES string of the molecule is O=[PH](O)O[PH](=O)O.OCc1ccccc1. The zero-order valence-electron chi connectivity index (χ0n) is 7.66. The Labute approximate surface area is 88.1 Å². The molecule has 3 N–H and O–H groups in total. The highest BCUT2D eigenvalue weighted by Gasteiger charge is 1.93. The van der Waals surface area contributed by atoms with Gasteiger partial charge >= 0.3 is 16.5 Å². The molecule has 2 unspecified atom stereocenters. The number of hydrogen-bond acceptors (Lipinski definition) is 4. The van der Waals surface area contributed by atoms with Gasteiger partial charge in [0.2, 0.25) is 0 Å². The fraction of sp³-hybridized carbons (Fsp3) is 0.143. The molecule has 2 atom stereocenters. The fourth-order valence-electron chi connectivity index (χ4n) is 0.658. The Morgan fingerprint density at radius 1 is 1.07 bits per heavy atom. The lowest BCUT2D eigenvalue weighted by atomic mass is 10.2. The van der Waals surface area contributed by atoms with Gasteiger partial charge in [-0.25, -0.2) is 4.31 Å². The van der Waals surface area contributed by atoms with Gasteiger partial charge in [-0.1, -0.05) is 30.3 Å². The van der Waals surface area contributed by atoms with Crippen molar-refractivity contribution >= 4 is 16.5 Å². The van der Waals surface area contributed by atoms with Crippen molar-refractivity contribution in [2.24, 2.45) is 0 Å². The van der Waals surface area contributed by atoms with Crippen LogP contribution in [0.3, 0.4) is 0 Å². The zero-order chi connectivity index (χ0) is 11.7. The van der Waals surface area contributed by atoms with E-state index < -0.39 is 16.5 Å². The summed E-state index contributed by atoms with van der Waals surface area (Å²) in [6.07, 6.45) is 0. The number of aliphatic hydroxyl groups is 1. The largest absolute Gasteiger partial charge is 0.392 e. The van der Waals surface area contributed by atoms with E-state index in [0.29, 0.717) is 0 Å². The summed E-state index contributed by atoms with van der Waals surface area (Å²) < 4.78 is 22.3. The van der Waals surface area contributed by atoms with Gasteiger partial charge in [0.05, 0.1) is 6.61 Å². The van der Waals surface area contributed by atoms with E-state index in [1.807, 2.05) is 30.3 Å². The van der Waals surface area contributed by atoms with Gasteiger partial charge in [-0.05, 0) is 5.56 Å². The average Bonchev–Trinajstić information content (AvgIpc) is 2.18. The quantitative estimate of drug-likeness (QED) is 0.693. The van der Waals surface area contributed by atoms with Crippen LogP contribution in [0.1, 0.15) is 5.56 Å². The van der Waals surface area contributed by atoms with Gasteiger partial charge in [0.15, 0.2) is 0 Å². The lowest BCUT2D eigenvalue weighted by Gasteiger charge is -1.89. The molecule has 1 aromatic rings. The van der Waals surface area contributed by atoms with Crippen LogP contribution in [-0.2, 0) is 20.0 Å². The van der Waals surface area contributed by atoms with E-state index in [-0.39, 0.29) is 6.61 Å². The van der Waals surface area contributed by atoms with Crippen molar-refractivity contribution in [1.82, 2.24) is 0 Å². The van der Waals surface area contributed by atoms with Gasteiger partial charge in [0.1, 0.15) is 0 Å². The molecule has 86 valence electrons. The molecule has 0 bridgehead atoms. The summed E-state index contributed by atoms with van der Waals surface area (Å²) in [4.78, 5) is 15.4. The molecule has 1 rings (SSSR count). The maximum Gasteiger partial charge on any atom is 0.323 e. The summed E-state index contributed by atoms with van der Waals surface area (Å²) in [7, 11) is -6.40. The molecule has 15 heavy (non-hydrogen) atoms. The third-order valence-corrected chi connectivity index (χ3v) is 2.60. The number of hydrogen-bond donors (Lipinski definition) is 3. The molecule has 0 heterocycles. The standard InChI is InChI=1S/C7H8O.H4O5P2/c8-6-7-4-2-1-3-5-7;1-6(2)5-7(3)4/h1-5,8H,6H2;6-7H,(H,1,2)(H,3,4). The van der Waals surface area contributed by atoms with E-state index in [9.17, 15) is 9.13 Å². The van der Waals surface area contributed by atoms with Gasteiger partial charge < -0.3 is 14.9 Å². The summed E-state index contributed by atoms with van der Waals surface area (Å²) >= 11 is 0. The van der Waals surface area contributed by atoms with E-state index in [0.717, 1.165) is 5.56 Å². The van der Waals surface area contributed by atoms with Crippen molar-refractivity contribution in [3.8, 4) is 0 Å². The first-order chi connectivity index (χ1) is 7.06. The van der Waals surface area contributed by atoms with Crippen LogP contribution in [-0.4, -0.2) is 14.9 Å². The van der Waals surface area contributed by atoms with E-state index in [1.165, 1.54) is 0 Å². The third-order valence-electron chi connectivity index (χ3n) is 1.20. The van der Waals surface area contributed by atoms with E-state index in [2.05, 4.69) is 4.31 Å². The van der Waals surface area contributed by atoms with Crippen molar-refractivity contribution in [1.29, 1.82) is 0 Å². The maximum absolute atomic E-state index is 9.44. The molecule has 0 aliphatic carbocycles. The Morgan fingerprint density at radius 2 is 1.53 bits per heavy atom. The number of rotatable bonds is 3. The van der Waals surface area contributed by atoms with Crippen LogP contribution in [0.15, 0.2) is 30.3 Å². The summed E-state index contributed by atoms with van der Waals surface area (Å²) in [6.45, 7) is 0.140. The van der Waals surface area contributed by atoms with Gasteiger partial charge in [-0.2, -0.15) is 0 Å². The normalized spacial score (nSPS) is 13.5. The van der Waals surface area contributed by atoms with Crippen LogP contribution in [0.4, 0.5) is 0 Å². The topological polar surface area (TPSA) is 104 Å². The first-order valence-electron chi connectivity index (χ1n) is 3.84. The van der Waals surface area contributed by atoms with Crippen LogP contribution in [0.25, 0.3) is 0 Å². The van der Waals surface area contributed by atoms with Gasteiger partial charge in [0.25, 0.3) is 0 Å². The molecule has 0 spiro atoms. The van der Waals surface area contributed by atoms with Crippen molar-refractivity contribution in [2.45, 2.75) is 6.61 Å². The van der Waals surface area contributed by atoms with Crippen LogP contribution < -0.4 is 0 Å². The minimum atomic E-state index is -3.20. The fourth-order valence-corrected chi connectivity index (χ4v) is 1.26. The number of benzene rings is 1. The minimum absolute atomic E-state index is 0.140. The predicted octanol–water partition coefficient (Wildman–Crippen LogP) is 0.946. The monoisotopic (exact) mass is 254 g/mol. The molecular formula is C7H12O6P2. The highest BCUT2D eigenvalue weighted by Crippen LogP contribution is 2.30. The van der Waals surface area contributed by atoms with Crippen molar-refractivity contribution in [3.63, 3.8) is 0 Å². The first-order valence-corrected chi connectivity index (χ1v) is 6.37. The van der Waals surface area contributed by atoms with E-state index in [1.54, 1.807) is 0 Å². The molecule has 0 aliphatic heterocycles. The maximum atomic E-state index is 9.44. The highest BCUT2D eigenvalue weighted by atomic mass is 31.2. The van der Waals surface area contributed by atoms with Gasteiger partial charge in [-0.3, -0.25) is 9.13 Å². The Hall–Kier alpha value is -0.480. The molecule has 0 saturated heterocycles. The average molecular weight is 254 g/mol. The molecule has 6 nitrogen and oxygen atoms in total. The lowest BCUT2D eigenvalue weighted by molar-refractivity contribution is 0.282. The first kappa shape index (κ1) is 14.5. The van der Waals surface area contributed by atoms with Gasteiger partial charge in [0, 0.05) is 0 Å². The van der Waals surface area contributed by atoms with Crippen molar-refractivity contribution < 1.29 is 28.3 Å². The zero-order valence-corrected chi connectivity index (χ0v) is 9.66. The Kier molecular flexibility index (Phi) is 8.52. The molecule has 1 aromatic carbocycles. The molecule has 0 aliphatic rings. The smallest absolute Gasteiger partial charge is 0.323 e. The molecule has 0 saturated carbocycles. The summed E-state index contributed by atoms with van der Waals surface area (Å²) in [6, 6.07) is 9.52. The second-order valence-electron chi connectivity index (χ2n) is 2.28. The minimum Gasteiger partial charge on any atom is -0.392 e. The second kappa shape index (κ2) is 8.80. The van der Waals surface area contributed by atoms with Crippen molar-refractivity contribution in [3.05, 3.63) is 35.9 Å². The lowest BCUT2D eigenvalue weighted by Crippen LogP contribution is -1.77. The molecule has 0 fully saturated rings. The number of aliphatic hydroxyl groups excluding tert-OH is 1. The molecular weight excluding hydrogens is 242 g/mol. The second-order valence-corrected chi connectivity index (χ2v) is 4.16. The third kappa shape index (κ3) is 9.82. The summed E-state index contributed by atoms with van der Waals surface area (Å²) in [5.74, 6) is 0. The summed E-state index contributed by atoms with van der Waals surface area (Å²) in [5, 5.41) is 8.54. The van der Waals surface area contributed by atoms with Crippen LogP contribution in [0, 0.1) is 0 Å². The Balaban J connectivity index is 0.000000265. The molecule has 0 aromatic heterocycles. The Bertz CT molecular complexity index is 303. The molecule has 8 heteroatoms. The molecule has 0 amide bonds. The predicted molar refractivity (Wildman–Crippen MR) is 55.9 cm³/mol. The molecule has 0 radical (unpaired) electrons. The van der Waals surface area contributed by atoms with Crippen LogP contribution >= 0.6 is 16.5 Å². The van der Waals surface area contributed by atoms with Crippen LogP contribution in [0.5, 0.6) is 0 Å². The van der Waals surface area contributed by atoms with Crippen molar-refractivity contribution in [2.75, 3.05) is 0 Å². The highest BCUT2D eigenvalue weighted by molar-refractivity contribution is 7.46. The Morgan fingerprint density at radius 3 is 1.73 bits per heavy atom. The van der Waals surface area contributed by atoms with E-state index >= 15 is 0 Å². The van der Waals surface area contributed by atoms with E-state index in [4.69, 9.17) is 14.9 Å². The van der Waals surface area contributed by atoms with Crippen LogP contribution in [0.2, 0.25) is 0 Å². The summed E-state index contributed by atoms with van der Waals surface area (Å²) in [5.41, 5.74) is 0.965. The van der Waals surface area contributed by atoms with Gasteiger partial charge in [-0.15, -0.1) is 0 Å².